The van der Waals surface area contributed by atoms with Crippen LogP contribution in [0.5, 0.6) is 5.75 Å². The summed E-state index contributed by atoms with van der Waals surface area (Å²) in [5, 5.41) is 6.04. The van der Waals surface area contributed by atoms with Gasteiger partial charge >= 0.3 is 0 Å². The molecule has 0 aliphatic carbocycles. The molecule has 168 valence electrons. The van der Waals surface area contributed by atoms with Gasteiger partial charge in [0.25, 0.3) is 5.91 Å². The van der Waals surface area contributed by atoms with Crippen molar-refractivity contribution in [2.75, 3.05) is 17.7 Å². The van der Waals surface area contributed by atoms with Gasteiger partial charge in [-0.3, -0.25) is 9.78 Å². The molecule has 9 heteroatoms. The van der Waals surface area contributed by atoms with E-state index < -0.39 is 11.7 Å². The lowest BCUT2D eigenvalue weighted by molar-refractivity contribution is 0.100. The Hall–Kier alpha value is -3.72. The zero-order valence-electron chi connectivity index (χ0n) is 18.2. The Bertz CT molecular complexity index is 1110. The second kappa shape index (κ2) is 10.1. The van der Waals surface area contributed by atoms with Gasteiger partial charge in [0.15, 0.2) is 11.6 Å². The molecule has 0 fully saturated rings. The van der Waals surface area contributed by atoms with Gasteiger partial charge in [-0.2, -0.15) is 0 Å². The number of ether oxygens (including phenoxy) is 1. The molecular weight excluding hydrogens is 411 g/mol. The summed E-state index contributed by atoms with van der Waals surface area (Å²) in [5.41, 5.74) is 13.6. The van der Waals surface area contributed by atoms with Crippen LogP contribution in [0.15, 0.2) is 48.8 Å². The van der Waals surface area contributed by atoms with E-state index in [0.29, 0.717) is 17.9 Å². The van der Waals surface area contributed by atoms with Crippen LogP contribution in [0.2, 0.25) is 0 Å². The summed E-state index contributed by atoms with van der Waals surface area (Å²) in [7, 11) is 1.60. The number of nitrogens with one attached hydrogen (secondary N) is 2. The van der Waals surface area contributed by atoms with E-state index in [2.05, 4.69) is 20.6 Å². The van der Waals surface area contributed by atoms with Crippen LogP contribution in [0, 0.1) is 5.82 Å². The SMILES string of the molecule is CC[C@@H](Nc1nc(Nc2cncc(-c3cccc(OC)c3)c2)c(C(N)=O)cc1F)[C@H](C)N. The van der Waals surface area contributed by atoms with Crippen LogP contribution in [-0.2, 0) is 0 Å². The Labute approximate surface area is 186 Å². The third kappa shape index (κ3) is 5.30. The number of aromatic nitrogens is 2. The molecule has 6 N–H and O–H groups in total. The number of nitrogens with two attached hydrogens (primary N) is 2. The van der Waals surface area contributed by atoms with Crippen LogP contribution in [0.25, 0.3) is 11.1 Å². The molecule has 32 heavy (non-hydrogen) atoms. The van der Waals surface area contributed by atoms with E-state index in [1.165, 1.54) is 0 Å². The zero-order valence-corrected chi connectivity index (χ0v) is 18.2. The van der Waals surface area contributed by atoms with Crippen LogP contribution < -0.4 is 26.8 Å². The Kier molecular flexibility index (Phi) is 7.21. The molecule has 1 aromatic carbocycles. The highest BCUT2D eigenvalue weighted by Gasteiger charge is 2.19. The fourth-order valence-electron chi connectivity index (χ4n) is 3.26. The average Bonchev–Trinajstić information content (AvgIpc) is 2.78. The summed E-state index contributed by atoms with van der Waals surface area (Å²) in [6, 6.07) is 10.0. The van der Waals surface area contributed by atoms with Gasteiger partial charge in [0.2, 0.25) is 0 Å². The lowest BCUT2D eigenvalue weighted by Crippen LogP contribution is -2.38. The van der Waals surface area contributed by atoms with Crippen molar-refractivity contribution in [3.05, 3.63) is 60.2 Å². The number of carbonyl (C=O) groups excluding carboxylic acids is 1. The molecule has 2 atom stereocenters. The van der Waals surface area contributed by atoms with E-state index in [-0.39, 0.29) is 29.3 Å². The van der Waals surface area contributed by atoms with Crippen LogP contribution >= 0.6 is 0 Å². The summed E-state index contributed by atoms with van der Waals surface area (Å²) < 4.78 is 19.9. The second-order valence-corrected chi connectivity index (χ2v) is 7.42. The third-order valence-electron chi connectivity index (χ3n) is 5.04. The molecule has 1 amide bonds. The Balaban J connectivity index is 1.96. The first-order chi connectivity index (χ1) is 15.3. The lowest BCUT2D eigenvalue weighted by atomic mass is 10.1. The number of amides is 1. The quantitative estimate of drug-likeness (QED) is 0.401. The molecule has 2 aromatic heterocycles. The summed E-state index contributed by atoms with van der Waals surface area (Å²) in [6.07, 6.45) is 3.95. The summed E-state index contributed by atoms with van der Waals surface area (Å²) in [4.78, 5) is 20.5. The smallest absolute Gasteiger partial charge is 0.252 e. The number of anilines is 3. The monoisotopic (exact) mass is 438 g/mol. The largest absolute Gasteiger partial charge is 0.497 e. The van der Waals surface area contributed by atoms with Crippen molar-refractivity contribution >= 4 is 23.2 Å². The van der Waals surface area contributed by atoms with Crippen molar-refractivity contribution < 1.29 is 13.9 Å². The van der Waals surface area contributed by atoms with Gasteiger partial charge in [0.05, 0.1) is 24.6 Å². The van der Waals surface area contributed by atoms with E-state index in [1.807, 2.05) is 44.2 Å². The third-order valence-corrected chi connectivity index (χ3v) is 5.04. The number of halogens is 1. The molecule has 3 rings (SSSR count). The van der Waals surface area contributed by atoms with Crippen molar-refractivity contribution in [1.82, 2.24) is 9.97 Å². The van der Waals surface area contributed by atoms with Gasteiger partial charge in [-0.05, 0) is 43.2 Å². The molecule has 2 heterocycles. The molecule has 0 saturated carbocycles. The Morgan fingerprint density at radius 3 is 2.62 bits per heavy atom. The standard InChI is InChI=1S/C23H27FN6O2/c1-4-20(13(2)25)29-23-19(24)10-18(21(26)31)22(30-23)28-16-8-15(11-27-12-16)14-6-5-7-17(9-14)32-3/h5-13,20H,4,25H2,1-3H3,(H2,26,31)(H2,28,29,30)/t13-,20+/m0/s1. The van der Waals surface area contributed by atoms with Crippen molar-refractivity contribution in [1.29, 1.82) is 0 Å². The van der Waals surface area contributed by atoms with E-state index >= 15 is 0 Å². The van der Waals surface area contributed by atoms with Crippen molar-refractivity contribution in [2.24, 2.45) is 11.5 Å². The molecule has 3 aromatic rings. The molecule has 8 nitrogen and oxygen atoms in total. The molecule has 0 radical (unpaired) electrons. The van der Waals surface area contributed by atoms with Crippen molar-refractivity contribution in [3.63, 3.8) is 0 Å². The number of benzene rings is 1. The van der Waals surface area contributed by atoms with Crippen LogP contribution in [-0.4, -0.2) is 35.1 Å². The first-order valence-corrected chi connectivity index (χ1v) is 10.2. The highest BCUT2D eigenvalue weighted by molar-refractivity contribution is 5.98. The molecular formula is C23H27FN6O2. The fourth-order valence-corrected chi connectivity index (χ4v) is 3.26. The first kappa shape index (κ1) is 23.0. The molecule has 0 bridgehead atoms. The van der Waals surface area contributed by atoms with E-state index in [9.17, 15) is 9.18 Å². The topological polar surface area (TPSA) is 128 Å². The fraction of sp³-hybridized carbons (Fsp3) is 0.261. The van der Waals surface area contributed by atoms with E-state index in [1.54, 1.807) is 19.5 Å². The lowest BCUT2D eigenvalue weighted by Gasteiger charge is -2.22. The van der Waals surface area contributed by atoms with Gasteiger partial charge < -0.3 is 26.8 Å². The minimum Gasteiger partial charge on any atom is -0.497 e. The number of primary amides is 1. The predicted octanol–water partition coefficient (Wildman–Crippen LogP) is 3.67. The number of hydrogen-bond acceptors (Lipinski definition) is 7. The maximum atomic E-state index is 14.6. The molecule has 0 aliphatic rings. The van der Waals surface area contributed by atoms with Gasteiger partial charge in [0, 0.05) is 23.8 Å². The Morgan fingerprint density at radius 1 is 1.19 bits per heavy atom. The second-order valence-electron chi connectivity index (χ2n) is 7.42. The van der Waals surface area contributed by atoms with Crippen molar-refractivity contribution in [3.8, 4) is 16.9 Å². The Morgan fingerprint density at radius 2 is 1.97 bits per heavy atom. The highest BCUT2D eigenvalue weighted by atomic mass is 19.1. The van der Waals surface area contributed by atoms with Gasteiger partial charge in [0.1, 0.15) is 11.6 Å². The van der Waals surface area contributed by atoms with Gasteiger partial charge in [-0.1, -0.05) is 19.1 Å². The molecule has 0 aliphatic heterocycles. The van der Waals surface area contributed by atoms with Crippen LogP contribution in [0.1, 0.15) is 30.6 Å². The number of methoxy groups -OCH3 is 1. The zero-order chi connectivity index (χ0) is 23.3. The van der Waals surface area contributed by atoms with Crippen molar-refractivity contribution in [2.45, 2.75) is 32.4 Å². The van der Waals surface area contributed by atoms with Crippen LogP contribution in [0.4, 0.5) is 21.7 Å². The summed E-state index contributed by atoms with van der Waals surface area (Å²) in [5.74, 6) is -0.676. The summed E-state index contributed by atoms with van der Waals surface area (Å²) in [6.45, 7) is 3.76. The maximum absolute atomic E-state index is 14.6. The van der Waals surface area contributed by atoms with E-state index in [4.69, 9.17) is 16.2 Å². The van der Waals surface area contributed by atoms with Gasteiger partial charge in [-0.25, -0.2) is 9.37 Å². The molecule has 0 saturated heterocycles. The summed E-state index contributed by atoms with van der Waals surface area (Å²) >= 11 is 0. The number of carbonyl (C=O) groups is 1. The van der Waals surface area contributed by atoms with Crippen LogP contribution in [0.3, 0.4) is 0 Å². The van der Waals surface area contributed by atoms with E-state index in [0.717, 1.165) is 17.2 Å². The maximum Gasteiger partial charge on any atom is 0.252 e. The predicted molar refractivity (Wildman–Crippen MR) is 124 cm³/mol. The molecule has 0 unspecified atom stereocenters. The average molecular weight is 439 g/mol. The molecule has 0 spiro atoms. The number of hydrogen-bond donors (Lipinski definition) is 4. The number of rotatable bonds is 9. The van der Waals surface area contributed by atoms with Gasteiger partial charge in [-0.15, -0.1) is 0 Å². The highest BCUT2D eigenvalue weighted by Crippen LogP contribution is 2.28. The number of nitrogens with zero attached hydrogens (tertiary/aromatic N) is 2. The minimum atomic E-state index is -0.804. The number of pyridine rings is 2. The minimum absolute atomic E-state index is 0.0152. The first-order valence-electron chi connectivity index (χ1n) is 10.2. The normalized spacial score (nSPS) is 12.7.